The first-order valence-corrected chi connectivity index (χ1v) is 10.3. The maximum atomic E-state index is 13.3. The average Bonchev–Trinajstić information content (AvgIpc) is 3.36. The maximum absolute atomic E-state index is 13.3. The van der Waals surface area contributed by atoms with Crippen LogP contribution < -0.4 is 11.2 Å². The van der Waals surface area contributed by atoms with Crippen LogP contribution in [-0.4, -0.2) is 25.4 Å². The molecule has 29 heavy (non-hydrogen) atoms. The summed E-state index contributed by atoms with van der Waals surface area (Å²) in [4.78, 5) is 26.1. The van der Waals surface area contributed by atoms with Gasteiger partial charge in [0.25, 0.3) is 5.56 Å². The van der Waals surface area contributed by atoms with Crippen molar-refractivity contribution in [2.75, 3.05) is 6.61 Å². The van der Waals surface area contributed by atoms with Crippen LogP contribution in [0, 0.1) is 0 Å². The molecule has 0 atom stereocenters. The first kappa shape index (κ1) is 19.7. The van der Waals surface area contributed by atoms with Gasteiger partial charge in [-0.1, -0.05) is 29.8 Å². The van der Waals surface area contributed by atoms with Crippen LogP contribution in [0.2, 0.25) is 5.02 Å². The normalized spacial score (nSPS) is 14.0. The van der Waals surface area contributed by atoms with E-state index in [1.165, 1.54) is 14.7 Å². The summed E-state index contributed by atoms with van der Waals surface area (Å²) >= 11 is 6.03. The number of allylic oxidation sites excluding steroid dienone is 2. The summed E-state index contributed by atoms with van der Waals surface area (Å²) in [6, 6.07) is 9.54. The van der Waals surface area contributed by atoms with Crippen molar-refractivity contribution in [1.82, 2.24) is 13.7 Å². The molecular weight excluding hydrogens is 390 g/mol. The minimum Gasteiger partial charge on any atom is -0.396 e. The molecule has 1 aliphatic carbocycles. The fourth-order valence-corrected chi connectivity index (χ4v) is 4.17. The van der Waals surface area contributed by atoms with Crippen molar-refractivity contribution in [3.05, 3.63) is 73.5 Å². The predicted molar refractivity (Wildman–Crippen MR) is 116 cm³/mol. The van der Waals surface area contributed by atoms with Crippen molar-refractivity contribution >= 4 is 28.2 Å². The zero-order chi connectivity index (χ0) is 20.5. The van der Waals surface area contributed by atoms with E-state index in [1.807, 2.05) is 34.9 Å². The van der Waals surface area contributed by atoms with Crippen molar-refractivity contribution < 1.29 is 5.11 Å². The SMILES string of the molecule is Cn1c(=O)n(CCCO)c(=O)c2c1cc(C1=CCCC1)n2Cc1ccc(Cl)cc1. The smallest absolute Gasteiger partial charge is 0.331 e. The first-order valence-electron chi connectivity index (χ1n) is 9.89. The molecule has 3 aromatic rings. The third kappa shape index (κ3) is 3.58. The minimum atomic E-state index is -0.355. The standard InChI is InChI=1S/C22H24ClN3O3/c1-24-19-13-18(16-5-2-3-6-16)26(14-15-7-9-17(23)10-8-15)20(19)21(28)25(22(24)29)11-4-12-27/h5,7-10,13,27H,2-4,6,11-12,14H2,1H3. The quantitative estimate of drug-likeness (QED) is 0.674. The Hall–Kier alpha value is -2.57. The van der Waals surface area contributed by atoms with Gasteiger partial charge in [0, 0.05) is 37.5 Å². The first-order chi connectivity index (χ1) is 14.0. The molecule has 0 spiro atoms. The molecule has 7 heteroatoms. The van der Waals surface area contributed by atoms with Crippen molar-refractivity contribution in [1.29, 1.82) is 0 Å². The summed E-state index contributed by atoms with van der Waals surface area (Å²) in [5, 5.41) is 9.83. The van der Waals surface area contributed by atoms with E-state index < -0.39 is 0 Å². The Bertz CT molecular complexity index is 1200. The van der Waals surface area contributed by atoms with Crippen molar-refractivity contribution in [2.45, 2.75) is 38.8 Å². The zero-order valence-corrected chi connectivity index (χ0v) is 17.2. The van der Waals surface area contributed by atoms with Gasteiger partial charge in [-0.15, -0.1) is 0 Å². The van der Waals surface area contributed by atoms with Gasteiger partial charge < -0.3 is 9.67 Å². The van der Waals surface area contributed by atoms with E-state index in [0.29, 0.717) is 29.0 Å². The van der Waals surface area contributed by atoms with Crippen molar-refractivity contribution in [2.24, 2.45) is 7.05 Å². The van der Waals surface area contributed by atoms with Gasteiger partial charge in [0.05, 0.1) is 5.52 Å². The Labute approximate surface area is 173 Å². The second-order valence-corrected chi connectivity index (χ2v) is 7.91. The molecule has 1 N–H and O–H groups in total. The summed E-state index contributed by atoms with van der Waals surface area (Å²) in [6.07, 6.45) is 5.66. The lowest BCUT2D eigenvalue weighted by atomic mass is 10.1. The van der Waals surface area contributed by atoms with Gasteiger partial charge in [0.2, 0.25) is 0 Å². The number of aliphatic hydroxyl groups is 1. The van der Waals surface area contributed by atoms with E-state index in [4.69, 9.17) is 16.7 Å². The van der Waals surface area contributed by atoms with E-state index in [-0.39, 0.29) is 24.4 Å². The van der Waals surface area contributed by atoms with E-state index in [0.717, 1.165) is 30.5 Å². The van der Waals surface area contributed by atoms with Crippen LogP contribution in [0.25, 0.3) is 16.6 Å². The van der Waals surface area contributed by atoms with Gasteiger partial charge >= 0.3 is 5.69 Å². The lowest BCUT2D eigenvalue weighted by Gasteiger charge is -2.13. The summed E-state index contributed by atoms with van der Waals surface area (Å²) in [5.74, 6) is 0. The van der Waals surface area contributed by atoms with Crippen LogP contribution in [0.1, 0.15) is 36.9 Å². The Balaban J connectivity index is 1.97. The lowest BCUT2D eigenvalue weighted by molar-refractivity contribution is 0.277. The number of rotatable bonds is 6. The molecule has 2 aromatic heterocycles. The third-order valence-electron chi connectivity index (χ3n) is 5.57. The van der Waals surface area contributed by atoms with Crippen molar-refractivity contribution in [3.63, 3.8) is 0 Å². The molecule has 0 saturated carbocycles. The highest BCUT2D eigenvalue weighted by Crippen LogP contribution is 2.31. The predicted octanol–water partition coefficient (Wildman–Crippen LogP) is 3.15. The molecule has 1 aliphatic rings. The van der Waals surface area contributed by atoms with Crippen molar-refractivity contribution in [3.8, 4) is 0 Å². The number of hydrogen-bond donors (Lipinski definition) is 1. The fraction of sp³-hybridized carbons (Fsp3) is 0.364. The number of fused-ring (bicyclic) bond motifs is 1. The monoisotopic (exact) mass is 413 g/mol. The van der Waals surface area contributed by atoms with Crippen LogP contribution in [0.3, 0.4) is 0 Å². The molecule has 0 amide bonds. The van der Waals surface area contributed by atoms with Crippen LogP contribution in [0.5, 0.6) is 0 Å². The number of nitrogens with zero attached hydrogens (tertiary/aromatic N) is 3. The van der Waals surface area contributed by atoms with Gasteiger partial charge in [0.1, 0.15) is 5.52 Å². The molecule has 0 radical (unpaired) electrons. The molecule has 0 saturated heterocycles. The van der Waals surface area contributed by atoms with Crippen LogP contribution in [0.15, 0.2) is 46.0 Å². The average molecular weight is 414 g/mol. The summed E-state index contributed by atoms with van der Waals surface area (Å²) in [6.45, 7) is 0.639. The Morgan fingerprint density at radius 2 is 1.90 bits per heavy atom. The zero-order valence-electron chi connectivity index (χ0n) is 16.4. The topological polar surface area (TPSA) is 69.2 Å². The number of aliphatic hydroxyl groups excluding tert-OH is 1. The maximum Gasteiger partial charge on any atom is 0.331 e. The van der Waals surface area contributed by atoms with Crippen LogP contribution in [0.4, 0.5) is 0 Å². The van der Waals surface area contributed by atoms with Gasteiger partial charge in [-0.25, -0.2) is 4.79 Å². The summed E-state index contributed by atoms with van der Waals surface area (Å²) < 4.78 is 4.78. The van der Waals surface area contributed by atoms with E-state index in [2.05, 4.69) is 6.08 Å². The summed E-state index contributed by atoms with van der Waals surface area (Å²) in [5.41, 5.74) is 3.71. The van der Waals surface area contributed by atoms with E-state index in [1.54, 1.807) is 7.05 Å². The molecular formula is C22H24ClN3O3. The largest absolute Gasteiger partial charge is 0.396 e. The minimum absolute atomic E-state index is 0.0719. The highest BCUT2D eigenvalue weighted by Gasteiger charge is 2.21. The van der Waals surface area contributed by atoms with Crippen LogP contribution >= 0.6 is 11.6 Å². The number of aryl methyl sites for hydroxylation is 1. The molecule has 0 aliphatic heterocycles. The Kier molecular flexibility index (Phi) is 5.48. The molecule has 152 valence electrons. The third-order valence-corrected chi connectivity index (χ3v) is 5.82. The Morgan fingerprint density at radius 1 is 1.14 bits per heavy atom. The highest BCUT2D eigenvalue weighted by molar-refractivity contribution is 6.30. The molecule has 4 rings (SSSR count). The highest BCUT2D eigenvalue weighted by atomic mass is 35.5. The molecule has 0 fully saturated rings. The molecule has 6 nitrogen and oxygen atoms in total. The van der Waals surface area contributed by atoms with Crippen LogP contribution in [-0.2, 0) is 20.1 Å². The van der Waals surface area contributed by atoms with Gasteiger partial charge in [-0.3, -0.25) is 13.9 Å². The van der Waals surface area contributed by atoms with E-state index >= 15 is 0 Å². The van der Waals surface area contributed by atoms with Gasteiger partial charge in [-0.05, 0) is 55.0 Å². The van der Waals surface area contributed by atoms with Gasteiger partial charge in [-0.2, -0.15) is 0 Å². The number of benzene rings is 1. The molecule has 2 heterocycles. The molecule has 1 aromatic carbocycles. The number of hydrogen-bond acceptors (Lipinski definition) is 3. The second-order valence-electron chi connectivity index (χ2n) is 7.47. The number of aromatic nitrogens is 3. The fourth-order valence-electron chi connectivity index (χ4n) is 4.05. The summed E-state index contributed by atoms with van der Waals surface area (Å²) in [7, 11) is 1.69. The van der Waals surface area contributed by atoms with E-state index in [9.17, 15) is 9.59 Å². The second kappa shape index (κ2) is 8.05. The molecule has 0 bridgehead atoms. The lowest BCUT2D eigenvalue weighted by Crippen LogP contribution is -2.39. The Morgan fingerprint density at radius 3 is 2.55 bits per heavy atom. The molecule has 0 unspecified atom stereocenters. The number of halogens is 1. The van der Waals surface area contributed by atoms with Gasteiger partial charge in [0.15, 0.2) is 0 Å².